The summed E-state index contributed by atoms with van der Waals surface area (Å²) in [7, 11) is 0. The van der Waals surface area contributed by atoms with Crippen molar-refractivity contribution in [3.8, 4) is 0 Å². The summed E-state index contributed by atoms with van der Waals surface area (Å²) in [5, 5.41) is 31.4. The zero-order valence-corrected chi connectivity index (χ0v) is 13.5. The molecule has 0 heterocycles. The van der Waals surface area contributed by atoms with Crippen LogP contribution in [0, 0.1) is 21.6 Å². The van der Waals surface area contributed by atoms with Gasteiger partial charge in [-0.05, 0) is 25.0 Å². The first-order valence-electron chi connectivity index (χ1n) is 7.23. The predicted molar refractivity (Wildman–Crippen MR) is 95.1 cm³/mol. The highest BCUT2D eigenvalue weighted by atomic mass is 14.5. The van der Waals surface area contributed by atoms with Crippen LogP contribution >= 0.6 is 0 Å². The third-order valence-corrected chi connectivity index (χ3v) is 3.33. The molecule has 0 fully saturated rings. The summed E-state index contributed by atoms with van der Waals surface area (Å²) >= 11 is 0. The van der Waals surface area contributed by atoms with Crippen LogP contribution in [-0.4, -0.2) is 22.8 Å². The maximum absolute atomic E-state index is 7.91. The zero-order chi connectivity index (χ0) is 16.9. The van der Waals surface area contributed by atoms with E-state index in [4.69, 9.17) is 21.6 Å². The fraction of sp³-hybridized carbons (Fsp3) is 0.222. The first kappa shape index (κ1) is 17.4. The van der Waals surface area contributed by atoms with Crippen molar-refractivity contribution in [3.05, 3.63) is 58.7 Å². The van der Waals surface area contributed by atoms with Gasteiger partial charge in [0, 0.05) is 11.1 Å². The largest absolute Gasteiger partial charge is 0.298 e. The van der Waals surface area contributed by atoms with Crippen molar-refractivity contribution in [2.24, 2.45) is 0 Å². The number of nitrogens with one attached hydrogen (secondary N) is 4. The van der Waals surface area contributed by atoms with Gasteiger partial charge in [0.25, 0.3) is 0 Å². The summed E-state index contributed by atoms with van der Waals surface area (Å²) in [4.78, 5) is 0. The van der Waals surface area contributed by atoms with Gasteiger partial charge >= 0.3 is 0 Å². The summed E-state index contributed by atoms with van der Waals surface area (Å²) in [6.07, 6.45) is 10.7. The molecule has 4 nitrogen and oxygen atoms in total. The summed E-state index contributed by atoms with van der Waals surface area (Å²) in [6.45, 7) is 7.62. The minimum Gasteiger partial charge on any atom is -0.298 e. The first-order valence-corrected chi connectivity index (χ1v) is 7.23. The molecule has 0 saturated heterocycles. The number of allylic oxidation sites excluding steroid dienone is 10. The molecule has 114 valence electrons. The Hall–Kier alpha value is -2.62. The lowest BCUT2D eigenvalue weighted by atomic mass is 9.92. The molecule has 2 aliphatic rings. The number of hydrogen-bond acceptors (Lipinski definition) is 4. The van der Waals surface area contributed by atoms with Crippen molar-refractivity contribution in [3.63, 3.8) is 0 Å². The molecule has 0 radical (unpaired) electrons. The molecule has 0 atom stereocenters. The van der Waals surface area contributed by atoms with E-state index in [1.165, 1.54) is 0 Å². The average molecular weight is 294 g/mol. The van der Waals surface area contributed by atoms with Gasteiger partial charge in [-0.3, -0.25) is 21.6 Å². The van der Waals surface area contributed by atoms with Crippen molar-refractivity contribution in [2.75, 3.05) is 0 Å². The van der Waals surface area contributed by atoms with Crippen LogP contribution in [0.25, 0.3) is 0 Å². The Labute approximate surface area is 131 Å². The molecule has 22 heavy (non-hydrogen) atoms. The van der Waals surface area contributed by atoms with Gasteiger partial charge < -0.3 is 0 Å². The van der Waals surface area contributed by atoms with Gasteiger partial charge in [-0.1, -0.05) is 50.3 Å². The van der Waals surface area contributed by atoms with E-state index in [0.717, 1.165) is 11.1 Å². The second-order valence-corrected chi connectivity index (χ2v) is 4.78. The summed E-state index contributed by atoms with van der Waals surface area (Å²) in [6, 6.07) is 0. The van der Waals surface area contributed by atoms with E-state index in [1.807, 2.05) is 39.8 Å². The van der Waals surface area contributed by atoms with Gasteiger partial charge in [-0.25, -0.2) is 0 Å². The van der Waals surface area contributed by atoms with Gasteiger partial charge in [0.05, 0.1) is 22.8 Å². The minimum atomic E-state index is 0.186. The van der Waals surface area contributed by atoms with Gasteiger partial charge in [-0.15, -0.1) is 0 Å². The number of rotatable bonds is 2. The fourth-order valence-corrected chi connectivity index (χ4v) is 1.90. The van der Waals surface area contributed by atoms with Crippen molar-refractivity contribution < 1.29 is 0 Å². The molecule has 0 aromatic rings. The van der Waals surface area contributed by atoms with Crippen molar-refractivity contribution >= 4 is 22.8 Å². The lowest BCUT2D eigenvalue weighted by molar-refractivity contribution is 1.40. The Kier molecular flexibility index (Phi) is 5.87. The summed E-state index contributed by atoms with van der Waals surface area (Å²) in [5.74, 6) is 0. The second-order valence-electron chi connectivity index (χ2n) is 4.78. The van der Waals surface area contributed by atoms with E-state index in [0.29, 0.717) is 11.1 Å². The molecular formula is C18H22N4. The number of hydrogen-bond donors (Lipinski definition) is 4. The standard InChI is InChI=1S/C16H16N4.C2H6/c1-9-3-5-11(15(19)13(9)17)7-8-12-6-4-10(2)14(18)16(12)20;1-2/h3-8,17-20H,1-2H3;1-2H3/b8-7+,17-13?,18-14?,19-15?,20-16?;. The lowest BCUT2D eigenvalue weighted by Crippen LogP contribution is -2.19. The van der Waals surface area contributed by atoms with E-state index in [1.54, 1.807) is 24.3 Å². The molecule has 0 aromatic carbocycles. The molecule has 2 aliphatic carbocycles. The van der Waals surface area contributed by atoms with Crippen molar-refractivity contribution in [1.29, 1.82) is 21.6 Å². The highest BCUT2D eigenvalue weighted by Gasteiger charge is 2.16. The lowest BCUT2D eigenvalue weighted by Gasteiger charge is -2.14. The minimum absolute atomic E-state index is 0.186. The van der Waals surface area contributed by atoms with Crippen LogP contribution < -0.4 is 0 Å². The normalized spacial score (nSPS) is 18.4. The van der Waals surface area contributed by atoms with Crippen molar-refractivity contribution in [2.45, 2.75) is 27.7 Å². The maximum atomic E-state index is 7.91. The van der Waals surface area contributed by atoms with Crippen LogP contribution in [0.2, 0.25) is 0 Å². The van der Waals surface area contributed by atoms with Crippen LogP contribution in [-0.2, 0) is 0 Å². The van der Waals surface area contributed by atoms with Crippen LogP contribution in [0.15, 0.2) is 58.7 Å². The highest BCUT2D eigenvalue weighted by Crippen LogP contribution is 2.17. The third-order valence-electron chi connectivity index (χ3n) is 3.33. The third kappa shape index (κ3) is 3.52. The predicted octanol–water partition coefficient (Wildman–Crippen LogP) is 4.42. The molecule has 4 N–H and O–H groups in total. The monoisotopic (exact) mass is 294 g/mol. The Morgan fingerprint density at radius 3 is 1.23 bits per heavy atom. The molecule has 0 spiro atoms. The van der Waals surface area contributed by atoms with Gasteiger partial charge in [0.1, 0.15) is 0 Å². The molecule has 4 heteroatoms. The molecule has 0 bridgehead atoms. The summed E-state index contributed by atoms with van der Waals surface area (Å²) in [5.41, 5.74) is 3.66. The Morgan fingerprint density at radius 1 is 0.591 bits per heavy atom. The van der Waals surface area contributed by atoms with Crippen LogP contribution in [0.5, 0.6) is 0 Å². The van der Waals surface area contributed by atoms with Crippen LogP contribution in [0.1, 0.15) is 27.7 Å². The first-order chi connectivity index (χ1) is 10.4. The fourth-order valence-electron chi connectivity index (χ4n) is 1.90. The maximum Gasteiger partial charge on any atom is 0.0864 e. The summed E-state index contributed by atoms with van der Waals surface area (Å²) < 4.78 is 0. The highest BCUT2D eigenvalue weighted by molar-refractivity contribution is 6.53. The van der Waals surface area contributed by atoms with Gasteiger partial charge in [0.15, 0.2) is 0 Å². The van der Waals surface area contributed by atoms with Crippen LogP contribution in [0.4, 0.5) is 0 Å². The van der Waals surface area contributed by atoms with E-state index in [2.05, 4.69) is 0 Å². The Morgan fingerprint density at radius 2 is 0.909 bits per heavy atom. The Balaban J connectivity index is 0.00000116. The topological polar surface area (TPSA) is 95.4 Å². The second kappa shape index (κ2) is 7.41. The molecular weight excluding hydrogens is 272 g/mol. The molecule has 0 aliphatic heterocycles. The van der Waals surface area contributed by atoms with E-state index >= 15 is 0 Å². The zero-order valence-electron chi connectivity index (χ0n) is 13.5. The van der Waals surface area contributed by atoms with Crippen molar-refractivity contribution in [1.82, 2.24) is 0 Å². The Bertz CT molecular complexity index is 635. The van der Waals surface area contributed by atoms with Crippen LogP contribution in [0.3, 0.4) is 0 Å². The van der Waals surface area contributed by atoms with Gasteiger partial charge in [0.2, 0.25) is 0 Å². The average Bonchev–Trinajstić information content (AvgIpc) is 2.53. The van der Waals surface area contributed by atoms with Gasteiger partial charge in [-0.2, -0.15) is 0 Å². The SMILES string of the molecule is CC.CC1=CC=C(/C=C/C2=CC=C(C)C(=N)C2=N)C(=N)C1=N. The quantitative estimate of drug-likeness (QED) is 0.542. The van der Waals surface area contributed by atoms with E-state index < -0.39 is 0 Å². The van der Waals surface area contributed by atoms with E-state index in [9.17, 15) is 0 Å². The molecule has 0 aromatic heterocycles. The molecule has 0 saturated carbocycles. The smallest absolute Gasteiger partial charge is 0.0864 e. The molecule has 2 rings (SSSR count). The molecule has 0 amide bonds. The van der Waals surface area contributed by atoms with E-state index in [-0.39, 0.29) is 22.8 Å². The molecule has 0 unspecified atom stereocenters.